The van der Waals surface area contributed by atoms with E-state index in [1.165, 1.54) is 18.2 Å². The van der Waals surface area contributed by atoms with Crippen LogP contribution in [0.5, 0.6) is 5.75 Å². The zero-order valence-electron chi connectivity index (χ0n) is 10.9. The smallest absolute Gasteiger partial charge is 0.305 e. The van der Waals surface area contributed by atoms with Crippen molar-refractivity contribution in [1.29, 1.82) is 0 Å². The minimum Gasteiger partial charge on any atom is -0.507 e. The van der Waals surface area contributed by atoms with Crippen molar-refractivity contribution in [2.24, 2.45) is 0 Å². The number of carboxylic acid groups (broad SMARTS) is 1. The van der Waals surface area contributed by atoms with Crippen molar-refractivity contribution < 1.29 is 19.8 Å². The second kappa shape index (κ2) is 6.13. The number of carboxylic acids is 1. The summed E-state index contributed by atoms with van der Waals surface area (Å²) in [5.74, 6) is -1.44. The molecule has 1 unspecified atom stereocenters. The first kappa shape index (κ1) is 14.7. The summed E-state index contributed by atoms with van der Waals surface area (Å²) in [5, 5.41) is 19.1. The highest BCUT2D eigenvalue weighted by atomic mass is 35.5. The average Bonchev–Trinajstić information content (AvgIpc) is 2.38. The lowest BCUT2D eigenvalue weighted by Gasteiger charge is -2.35. The number of benzene rings is 1. The number of hydrogen-bond donors (Lipinski definition) is 2. The Morgan fingerprint density at radius 1 is 1.35 bits per heavy atom. The summed E-state index contributed by atoms with van der Waals surface area (Å²) in [5.41, 5.74) is 0.159. The van der Waals surface area contributed by atoms with E-state index in [9.17, 15) is 14.7 Å². The number of aliphatic carboxylic acids is 1. The highest BCUT2D eigenvalue weighted by Gasteiger charge is 2.30. The molecule has 20 heavy (non-hydrogen) atoms. The molecular weight excluding hydrogens is 282 g/mol. The average molecular weight is 298 g/mol. The molecule has 6 heteroatoms. The number of halogens is 1. The minimum absolute atomic E-state index is 0.0694. The van der Waals surface area contributed by atoms with E-state index in [0.717, 1.165) is 12.8 Å². The molecule has 1 aromatic carbocycles. The van der Waals surface area contributed by atoms with Gasteiger partial charge in [0, 0.05) is 17.6 Å². The van der Waals surface area contributed by atoms with Gasteiger partial charge in [-0.1, -0.05) is 11.6 Å². The van der Waals surface area contributed by atoms with Crippen LogP contribution in [0.4, 0.5) is 0 Å². The number of phenolic OH excluding ortho intramolecular Hbond substituents is 1. The monoisotopic (exact) mass is 297 g/mol. The fourth-order valence-corrected chi connectivity index (χ4v) is 2.69. The summed E-state index contributed by atoms with van der Waals surface area (Å²) in [4.78, 5) is 24.9. The molecule has 0 aliphatic carbocycles. The first-order valence-corrected chi connectivity index (χ1v) is 6.88. The molecular formula is C14H16ClNO4. The number of nitrogens with zero attached hydrogens (tertiary/aromatic N) is 1. The van der Waals surface area contributed by atoms with Crippen molar-refractivity contribution in [2.75, 3.05) is 6.54 Å². The topological polar surface area (TPSA) is 77.8 Å². The molecule has 2 rings (SSSR count). The zero-order chi connectivity index (χ0) is 14.7. The predicted molar refractivity (Wildman–Crippen MR) is 74.0 cm³/mol. The number of hydrogen-bond acceptors (Lipinski definition) is 3. The molecule has 0 spiro atoms. The molecule has 108 valence electrons. The van der Waals surface area contributed by atoms with Gasteiger partial charge in [0.25, 0.3) is 5.91 Å². The van der Waals surface area contributed by atoms with Gasteiger partial charge in [-0.25, -0.2) is 0 Å². The van der Waals surface area contributed by atoms with Crippen molar-refractivity contribution in [1.82, 2.24) is 4.90 Å². The number of likely N-dealkylation sites (tertiary alicyclic amines) is 1. The quantitative estimate of drug-likeness (QED) is 0.898. The molecule has 0 aromatic heterocycles. The number of carbonyl (C=O) groups is 2. The maximum absolute atomic E-state index is 12.5. The van der Waals surface area contributed by atoms with Gasteiger partial charge < -0.3 is 15.1 Å². The Hall–Kier alpha value is -1.75. The normalized spacial score (nSPS) is 18.9. The second-order valence-corrected chi connectivity index (χ2v) is 5.34. The van der Waals surface area contributed by atoms with Crippen molar-refractivity contribution in [3.63, 3.8) is 0 Å². The summed E-state index contributed by atoms with van der Waals surface area (Å²) in [6.45, 7) is 0.513. The second-order valence-electron chi connectivity index (χ2n) is 4.91. The molecule has 0 saturated carbocycles. The van der Waals surface area contributed by atoms with Crippen LogP contribution >= 0.6 is 11.6 Å². The molecule has 1 amide bonds. The molecule has 1 atom stereocenters. The Morgan fingerprint density at radius 2 is 2.10 bits per heavy atom. The van der Waals surface area contributed by atoms with E-state index < -0.39 is 5.97 Å². The van der Waals surface area contributed by atoms with Gasteiger partial charge in [-0.2, -0.15) is 0 Å². The largest absolute Gasteiger partial charge is 0.507 e. The van der Waals surface area contributed by atoms with Gasteiger partial charge >= 0.3 is 5.97 Å². The van der Waals surface area contributed by atoms with E-state index in [4.69, 9.17) is 16.7 Å². The van der Waals surface area contributed by atoms with Crippen molar-refractivity contribution >= 4 is 23.5 Å². The standard InChI is InChI=1S/C14H16ClNO4/c15-9-4-5-11(12(17)7-9)14(20)16-6-2-1-3-10(16)8-13(18)19/h4-5,7,10,17H,1-3,6,8H2,(H,18,19). The number of piperidine rings is 1. The Morgan fingerprint density at radius 3 is 2.75 bits per heavy atom. The molecule has 1 fully saturated rings. The van der Waals surface area contributed by atoms with E-state index >= 15 is 0 Å². The molecule has 0 radical (unpaired) electrons. The number of aromatic hydroxyl groups is 1. The minimum atomic E-state index is -0.921. The SMILES string of the molecule is O=C(O)CC1CCCCN1C(=O)c1ccc(Cl)cc1O. The van der Waals surface area contributed by atoms with Crippen molar-refractivity contribution in [3.8, 4) is 5.75 Å². The van der Waals surface area contributed by atoms with E-state index in [1.54, 1.807) is 4.90 Å². The lowest BCUT2D eigenvalue weighted by Crippen LogP contribution is -2.44. The third-order valence-corrected chi connectivity index (χ3v) is 3.72. The fraction of sp³-hybridized carbons (Fsp3) is 0.429. The Bertz CT molecular complexity index is 532. The Balaban J connectivity index is 2.22. The predicted octanol–water partition coefficient (Wildman–Crippen LogP) is 2.52. The van der Waals surface area contributed by atoms with E-state index in [0.29, 0.717) is 18.0 Å². The first-order chi connectivity index (χ1) is 9.49. The fourth-order valence-electron chi connectivity index (χ4n) is 2.52. The lowest BCUT2D eigenvalue weighted by molar-refractivity contribution is -0.138. The van der Waals surface area contributed by atoms with Crippen LogP contribution in [0.25, 0.3) is 0 Å². The molecule has 1 heterocycles. The van der Waals surface area contributed by atoms with Crippen LogP contribution in [0.1, 0.15) is 36.0 Å². The summed E-state index contributed by atoms with van der Waals surface area (Å²) < 4.78 is 0. The number of phenols is 1. The Kier molecular flexibility index (Phi) is 4.49. The Labute approximate surface area is 121 Å². The third kappa shape index (κ3) is 3.22. The molecule has 2 N–H and O–H groups in total. The summed E-state index contributed by atoms with van der Waals surface area (Å²) in [7, 11) is 0. The highest BCUT2D eigenvalue weighted by molar-refractivity contribution is 6.30. The lowest BCUT2D eigenvalue weighted by atomic mass is 9.98. The highest BCUT2D eigenvalue weighted by Crippen LogP contribution is 2.27. The van der Waals surface area contributed by atoms with Crippen LogP contribution in [0.15, 0.2) is 18.2 Å². The molecule has 1 aliphatic rings. The summed E-state index contributed by atoms with van der Waals surface area (Å²) in [6, 6.07) is 3.99. The van der Waals surface area contributed by atoms with E-state index in [2.05, 4.69) is 0 Å². The maximum Gasteiger partial charge on any atom is 0.305 e. The van der Waals surface area contributed by atoms with E-state index in [-0.39, 0.29) is 29.7 Å². The zero-order valence-corrected chi connectivity index (χ0v) is 11.6. The van der Waals surface area contributed by atoms with Gasteiger partial charge in [-0.3, -0.25) is 9.59 Å². The van der Waals surface area contributed by atoms with Crippen LogP contribution in [-0.2, 0) is 4.79 Å². The summed E-state index contributed by atoms with van der Waals surface area (Å²) >= 11 is 5.74. The van der Waals surface area contributed by atoms with Gasteiger partial charge in [-0.05, 0) is 37.5 Å². The van der Waals surface area contributed by atoms with Crippen LogP contribution in [0.2, 0.25) is 5.02 Å². The molecule has 1 saturated heterocycles. The van der Waals surface area contributed by atoms with Gasteiger partial charge in [0.15, 0.2) is 0 Å². The summed E-state index contributed by atoms with van der Waals surface area (Å²) in [6.07, 6.45) is 2.36. The third-order valence-electron chi connectivity index (χ3n) is 3.49. The molecule has 5 nitrogen and oxygen atoms in total. The molecule has 1 aromatic rings. The molecule has 1 aliphatic heterocycles. The van der Waals surface area contributed by atoms with Crippen LogP contribution in [-0.4, -0.2) is 39.6 Å². The number of carbonyl (C=O) groups excluding carboxylic acids is 1. The first-order valence-electron chi connectivity index (χ1n) is 6.50. The number of amides is 1. The van der Waals surface area contributed by atoms with Gasteiger partial charge in [0.1, 0.15) is 5.75 Å². The van der Waals surface area contributed by atoms with Gasteiger partial charge in [0.2, 0.25) is 0 Å². The van der Waals surface area contributed by atoms with Gasteiger partial charge in [-0.15, -0.1) is 0 Å². The van der Waals surface area contributed by atoms with Crippen LogP contribution < -0.4 is 0 Å². The van der Waals surface area contributed by atoms with Crippen molar-refractivity contribution in [2.45, 2.75) is 31.7 Å². The number of rotatable bonds is 3. The van der Waals surface area contributed by atoms with Crippen LogP contribution in [0, 0.1) is 0 Å². The maximum atomic E-state index is 12.5. The van der Waals surface area contributed by atoms with Crippen molar-refractivity contribution in [3.05, 3.63) is 28.8 Å². The van der Waals surface area contributed by atoms with E-state index in [1.807, 2.05) is 0 Å². The molecule has 0 bridgehead atoms. The van der Waals surface area contributed by atoms with Gasteiger partial charge in [0.05, 0.1) is 12.0 Å². The van der Waals surface area contributed by atoms with Crippen LogP contribution in [0.3, 0.4) is 0 Å².